The molecule has 4 heteroatoms. The molecule has 1 aromatic rings. The van der Waals surface area contributed by atoms with Crippen LogP contribution in [0.25, 0.3) is 0 Å². The van der Waals surface area contributed by atoms with Gasteiger partial charge in [0.15, 0.2) is 0 Å². The Morgan fingerprint density at radius 2 is 1.83 bits per heavy atom. The van der Waals surface area contributed by atoms with E-state index in [1.54, 1.807) is 6.55 Å². The highest BCUT2D eigenvalue weighted by Gasteiger charge is 2.41. The first kappa shape index (κ1) is 15.1. The summed E-state index contributed by atoms with van der Waals surface area (Å²) in [6, 6.07) is 9.99. The van der Waals surface area contributed by atoms with Gasteiger partial charge in [-0.3, -0.25) is 4.99 Å². The van der Waals surface area contributed by atoms with Gasteiger partial charge in [-0.25, -0.2) is 0 Å². The van der Waals surface area contributed by atoms with Gasteiger partial charge in [0.05, 0.1) is 6.23 Å². The van der Waals surface area contributed by atoms with Crippen LogP contribution in [0.1, 0.15) is 26.3 Å². The average Bonchev–Trinajstić information content (AvgIpc) is 2.36. The van der Waals surface area contributed by atoms with Crippen molar-refractivity contribution < 1.29 is 9.90 Å². The molecule has 0 saturated carbocycles. The molecule has 0 bridgehead atoms. The van der Waals surface area contributed by atoms with Crippen molar-refractivity contribution >= 4 is 14.0 Å². The molecule has 0 fully saturated rings. The number of aliphatic hydroxyl groups excluding tert-OH is 1. The number of hydrogen-bond donors (Lipinski definition) is 2. The molecule has 2 N–H and O–H groups in total. The van der Waals surface area contributed by atoms with Crippen LogP contribution >= 0.6 is 0 Å². The third-order valence-electron chi connectivity index (χ3n) is 3.67. The standard InChI is InChI=1S/C14H23NO2Si/c1-12(13-8-6-5-7-9-13)15-10-14(2,3)18(4,17)11-16/h5-9,16-17H,10-11H2,1-4H3. The van der Waals surface area contributed by atoms with Crippen molar-refractivity contribution in [1.82, 2.24) is 0 Å². The first-order valence-corrected chi connectivity index (χ1v) is 8.85. The summed E-state index contributed by atoms with van der Waals surface area (Å²) >= 11 is 0. The Morgan fingerprint density at radius 1 is 1.28 bits per heavy atom. The summed E-state index contributed by atoms with van der Waals surface area (Å²) in [6.45, 7) is 8.23. The molecule has 1 unspecified atom stereocenters. The molecular formula is C14H23NO2Si. The summed E-state index contributed by atoms with van der Waals surface area (Å²) in [5, 5.41) is 8.94. The molecule has 18 heavy (non-hydrogen) atoms. The smallest absolute Gasteiger partial charge is 0.217 e. The van der Waals surface area contributed by atoms with Gasteiger partial charge >= 0.3 is 0 Å². The molecule has 1 rings (SSSR count). The van der Waals surface area contributed by atoms with Gasteiger partial charge in [-0.2, -0.15) is 0 Å². The first-order chi connectivity index (χ1) is 8.30. The van der Waals surface area contributed by atoms with Crippen LogP contribution in [-0.4, -0.2) is 36.7 Å². The first-order valence-electron chi connectivity index (χ1n) is 6.20. The van der Waals surface area contributed by atoms with Crippen molar-refractivity contribution in [2.75, 3.05) is 12.8 Å². The van der Waals surface area contributed by atoms with Crippen LogP contribution < -0.4 is 0 Å². The zero-order valence-electron chi connectivity index (χ0n) is 11.6. The van der Waals surface area contributed by atoms with E-state index in [-0.39, 0.29) is 11.3 Å². The third kappa shape index (κ3) is 3.51. The van der Waals surface area contributed by atoms with E-state index < -0.39 is 8.32 Å². The number of benzene rings is 1. The predicted octanol–water partition coefficient (Wildman–Crippen LogP) is 2.37. The SMILES string of the molecule is CC(=NCC(C)(C)[Si](C)(O)CO)c1ccccc1. The third-order valence-corrected chi connectivity index (χ3v) is 7.36. The summed E-state index contributed by atoms with van der Waals surface area (Å²) < 4.78 is 0. The Balaban J connectivity index is 2.81. The van der Waals surface area contributed by atoms with E-state index in [1.165, 1.54) is 0 Å². The van der Waals surface area contributed by atoms with Crippen LogP contribution in [0.3, 0.4) is 0 Å². The fourth-order valence-electron chi connectivity index (χ4n) is 1.47. The van der Waals surface area contributed by atoms with Crippen molar-refractivity contribution in [3.63, 3.8) is 0 Å². The minimum Gasteiger partial charge on any atom is -0.429 e. The molecule has 0 aromatic heterocycles. The molecule has 0 spiro atoms. The minimum absolute atomic E-state index is 0.125. The Labute approximate surface area is 110 Å². The Morgan fingerprint density at radius 3 is 2.33 bits per heavy atom. The molecule has 1 aromatic carbocycles. The van der Waals surface area contributed by atoms with Gasteiger partial charge in [0.2, 0.25) is 8.32 Å². The van der Waals surface area contributed by atoms with Crippen molar-refractivity contribution in [1.29, 1.82) is 0 Å². The van der Waals surface area contributed by atoms with Crippen molar-refractivity contribution in [2.45, 2.75) is 32.4 Å². The van der Waals surface area contributed by atoms with Crippen molar-refractivity contribution in [3.8, 4) is 0 Å². The van der Waals surface area contributed by atoms with E-state index in [0.29, 0.717) is 6.54 Å². The molecule has 100 valence electrons. The Bertz CT molecular complexity index is 413. The summed E-state index contributed by atoms with van der Waals surface area (Å²) in [6.07, 6.45) is -0.125. The van der Waals surface area contributed by atoms with E-state index in [2.05, 4.69) is 4.99 Å². The van der Waals surface area contributed by atoms with Crippen LogP contribution in [0, 0.1) is 0 Å². The molecule has 3 nitrogen and oxygen atoms in total. The number of nitrogens with zero attached hydrogens (tertiary/aromatic N) is 1. The zero-order valence-corrected chi connectivity index (χ0v) is 12.6. The van der Waals surface area contributed by atoms with E-state index in [1.807, 2.05) is 51.1 Å². The van der Waals surface area contributed by atoms with E-state index in [0.717, 1.165) is 11.3 Å². The second-order valence-corrected chi connectivity index (χ2v) is 9.80. The number of hydrogen-bond acceptors (Lipinski definition) is 3. The quantitative estimate of drug-likeness (QED) is 0.634. The maximum absolute atomic E-state index is 10.3. The summed E-state index contributed by atoms with van der Waals surface area (Å²) in [4.78, 5) is 14.8. The van der Waals surface area contributed by atoms with Crippen LogP contribution in [0.15, 0.2) is 35.3 Å². The van der Waals surface area contributed by atoms with Gasteiger partial charge in [-0.15, -0.1) is 0 Å². The Kier molecular flexibility index (Phi) is 4.84. The fourth-order valence-corrected chi connectivity index (χ4v) is 2.32. The lowest BCUT2D eigenvalue weighted by Gasteiger charge is -2.35. The zero-order chi connectivity index (χ0) is 13.8. The van der Waals surface area contributed by atoms with E-state index in [9.17, 15) is 9.90 Å². The van der Waals surface area contributed by atoms with E-state index in [4.69, 9.17) is 0 Å². The Hall–Kier alpha value is -0.973. The highest BCUT2D eigenvalue weighted by atomic mass is 28.4. The topological polar surface area (TPSA) is 52.8 Å². The number of rotatable bonds is 5. The second-order valence-electron chi connectivity index (χ2n) is 5.58. The molecular weight excluding hydrogens is 242 g/mol. The normalized spacial score (nSPS) is 16.4. The van der Waals surface area contributed by atoms with Gasteiger partial charge in [0, 0.05) is 17.3 Å². The van der Waals surface area contributed by atoms with Gasteiger partial charge in [-0.05, 0) is 19.0 Å². The van der Waals surface area contributed by atoms with Gasteiger partial charge in [-0.1, -0.05) is 44.2 Å². The summed E-state index contributed by atoms with van der Waals surface area (Å²) in [7, 11) is -2.62. The maximum atomic E-state index is 10.3. The monoisotopic (exact) mass is 265 g/mol. The van der Waals surface area contributed by atoms with Crippen LogP contribution in [0.4, 0.5) is 0 Å². The van der Waals surface area contributed by atoms with Crippen LogP contribution in [-0.2, 0) is 0 Å². The highest BCUT2D eigenvalue weighted by molar-refractivity contribution is 6.74. The lowest BCUT2D eigenvalue weighted by molar-refractivity contribution is 0.311. The highest BCUT2D eigenvalue weighted by Crippen LogP contribution is 2.35. The maximum Gasteiger partial charge on any atom is 0.217 e. The summed E-state index contributed by atoms with van der Waals surface area (Å²) in [5.74, 6) is 0. The number of aliphatic hydroxyl groups is 1. The molecule has 0 amide bonds. The van der Waals surface area contributed by atoms with Crippen molar-refractivity contribution in [2.24, 2.45) is 4.99 Å². The van der Waals surface area contributed by atoms with Gasteiger partial charge in [0.25, 0.3) is 0 Å². The molecule has 0 heterocycles. The molecule has 0 aliphatic heterocycles. The molecule has 0 saturated heterocycles. The lowest BCUT2D eigenvalue weighted by atomic mass is 10.1. The lowest BCUT2D eigenvalue weighted by Crippen LogP contribution is -2.48. The van der Waals surface area contributed by atoms with Crippen molar-refractivity contribution in [3.05, 3.63) is 35.9 Å². The second kappa shape index (κ2) is 5.78. The molecule has 1 atom stereocenters. The van der Waals surface area contributed by atoms with Gasteiger partial charge in [0.1, 0.15) is 0 Å². The molecule has 0 radical (unpaired) electrons. The fraction of sp³-hybridized carbons (Fsp3) is 0.500. The predicted molar refractivity (Wildman–Crippen MR) is 78.5 cm³/mol. The largest absolute Gasteiger partial charge is 0.429 e. The average molecular weight is 265 g/mol. The minimum atomic E-state index is -2.62. The summed E-state index contributed by atoms with van der Waals surface area (Å²) in [5.41, 5.74) is 2.06. The molecule has 0 aliphatic carbocycles. The van der Waals surface area contributed by atoms with Crippen LogP contribution in [0.2, 0.25) is 11.6 Å². The van der Waals surface area contributed by atoms with Crippen LogP contribution in [0.5, 0.6) is 0 Å². The number of aliphatic imine (C=N–C) groups is 1. The van der Waals surface area contributed by atoms with Gasteiger partial charge < -0.3 is 9.90 Å². The van der Waals surface area contributed by atoms with E-state index >= 15 is 0 Å². The molecule has 0 aliphatic rings.